The first kappa shape index (κ1) is 14.0. The first-order valence-corrected chi connectivity index (χ1v) is 6.55. The van der Waals surface area contributed by atoms with Gasteiger partial charge in [-0.15, -0.1) is 5.10 Å². The molecule has 1 aliphatic rings. The third-order valence-corrected chi connectivity index (χ3v) is 3.42. The molecule has 0 aliphatic carbocycles. The van der Waals surface area contributed by atoms with E-state index in [1.807, 2.05) is 18.5 Å². The van der Waals surface area contributed by atoms with Crippen molar-refractivity contribution < 1.29 is 9.84 Å². The molecule has 6 heteroatoms. The molecule has 0 aromatic carbocycles. The van der Waals surface area contributed by atoms with Crippen LogP contribution in [-0.2, 0) is 17.7 Å². The van der Waals surface area contributed by atoms with E-state index < -0.39 is 0 Å². The zero-order valence-electron chi connectivity index (χ0n) is 11.5. The van der Waals surface area contributed by atoms with Crippen molar-refractivity contribution in [2.45, 2.75) is 39.2 Å². The van der Waals surface area contributed by atoms with Crippen LogP contribution in [0.2, 0.25) is 0 Å². The highest BCUT2D eigenvalue weighted by molar-refractivity contribution is 5.20. The Morgan fingerprint density at radius 3 is 2.95 bits per heavy atom. The second-order valence-corrected chi connectivity index (χ2v) is 5.80. The maximum absolute atomic E-state index is 9.38. The van der Waals surface area contributed by atoms with Gasteiger partial charge in [-0.1, -0.05) is 19.1 Å². The highest BCUT2D eigenvalue weighted by Crippen LogP contribution is 2.29. The SMILES string of the molecule is CC(C)(CO)Cn1nnc(CC#N)c1C1CCOC1. The van der Waals surface area contributed by atoms with Crippen LogP contribution < -0.4 is 0 Å². The summed E-state index contributed by atoms with van der Waals surface area (Å²) in [7, 11) is 0. The molecule has 1 fully saturated rings. The third kappa shape index (κ3) is 3.11. The van der Waals surface area contributed by atoms with Crippen LogP contribution in [-0.4, -0.2) is 39.9 Å². The molecule has 0 radical (unpaired) electrons. The monoisotopic (exact) mass is 264 g/mol. The maximum atomic E-state index is 9.38. The molecule has 1 atom stereocenters. The van der Waals surface area contributed by atoms with Crippen molar-refractivity contribution in [3.05, 3.63) is 11.4 Å². The molecule has 0 bridgehead atoms. The summed E-state index contributed by atoms with van der Waals surface area (Å²) in [6.45, 7) is 6.03. The van der Waals surface area contributed by atoms with Crippen molar-refractivity contribution in [3.8, 4) is 6.07 Å². The minimum atomic E-state index is -0.258. The normalized spacial score (nSPS) is 19.6. The molecule has 1 aliphatic heterocycles. The summed E-state index contributed by atoms with van der Waals surface area (Å²) in [6, 6.07) is 2.13. The molecule has 2 rings (SSSR count). The van der Waals surface area contributed by atoms with Gasteiger partial charge in [-0.25, -0.2) is 4.68 Å². The van der Waals surface area contributed by atoms with Crippen molar-refractivity contribution >= 4 is 0 Å². The zero-order chi connectivity index (χ0) is 13.9. The van der Waals surface area contributed by atoms with Gasteiger partial charge in [0, 0.05) is 24.5 Å². The standard InChI is InChI=1S/C13H20N4O2/c1-13(2,9-18)8-17-12(10-4-6-19-7-10)11(3-5-14)15-16-17/h10,18H,3-4,6-9H2,1-2H3. The van der Waals surface area contributed by atoms with Crippen LogP contribution in [0.25, 0.3) is 0 Å². The van der Waals surface area contributed by atoms with Crippen molar-refractivity contribution in [3.63, 3.8) is 0 Å². The van der Waals surface area contributed by atoms with Crippen LogP contribution >= 0.6 is 0 Å². The minimum Gasteiger partial charge on any atom is -0.396 e. The van der Waals surface area contributed by atoms with E-state index in [1.165, 1.54) is 0 Å². The van der Waals surface area contributed by atoms with Crippen LogP contribution in [0.15, 0.2) is 0 Å². The number of nitriles is 1. The summed E-state index contributed by atoms with van der Waals surface area (Å²) in [5.41, 5.74) is 1.48. The Bertz CT molecular complexity index is 469. The average molecular weight is 264 g/mol. The molecule has 1 saturated heterocycles. The smallest absolute Gasteiger partial charge is 0.100 e. The van der Waals surface area contributed by atoms with E-state index in [-0.39, 0.29) is 24.4 Å². The molecular formula is C13H20N4O2. The first-order chi connectivity index (χ1) is 9.07. The first-order valence-electron chi connectivity index (χ1n) is 6.55. The van der Waals surface area contributed by atoms with Gasteiger partial charge in [0.25, 0.3) is 0 Å². The van der Waals surface area contributed by atoms with E-state index in [2.05, 4.69) is 16.4 Å². The van der Waals surface area contributed by atoms with Gasteiger partial charge in [0.05, 0.1) is 31.3 Å². The Balaban J connectivity index is 2.30. The summed E-state index contributed by atoms with van der Waals surface area (Å²) < 4.78 is 7.26. The van der Waals surface area contributed by atoms with Gasteiger partial charge in [0.15, 0.2) is 0 Å². The van der Waals surface area contributed by atoms with E-state index in [4.69, 9.17) is 10.00 Å². The molecule has 1 N–H and O–H groups in total. The van der Waals surface area contributed by atoms with Gasteiger partial charge >= 0.3 is 0 Å². The largest absolute Gasteiger partial charge is 0.396 e. The zero-order valence-corrected chi connectivity index (χ0v) is 11.5. The Morgan fingerprint density at radius 2 is 2.37 bits per heavy atom. The van der Waals surface area contributed by atoms with E-state index >= 15 is 0 Å². The molecule has 0 amide bonds. The van der Waals surface area contributed by atoms with Gasteiger partial charge in [-0.2, -0.15) is 5.26 Å². The average Bonchev–Trinajstić information content (AvgIpc) is 2.99. The second-order valence-electron chi connectivity index (χ2n) is 5.80. The van der Waals surface area contributed by atoms with Crippen LogP contribution in [0, 0.1) is 16.7 Å². The summed E-state index contributed by atoms with van der Waals surface area (Å²) >= 11 is 0. The Morgan fingerprint density at radius 1 is 1.58 bits per heavy atom. The van der Waals surface area contributed by atoms with E-state index in [9.17, 15) is 5.11 Å². The van der Waals surface area contributed by atoms with Crippen molar-refractivity contribution in [2.75, 3.05) is 19.8 Å². The Hall–Kier alpha value is -1.45. The fourth-order valence-corrected chi connectivity index (χ4v) is 2.33. The Labute approximate surface area is 113 Å². The second kappa shape index (κ2) is 5.68. The lowest BCUT2D eigenvalue weighted by Gasteiger charge is -2.23. The number of aromatic nitrogens is 3. The number of hydrogen-bond donors (Lipinski definition) is 1. The topological polar surface area (TPSA) is 84.0 Å². The maximum Gasteiger partial charge on any atom is 0.100 e. The van der Waals surface area contributed by atoms with Gasteiger partial charge in [0.2, 0.25) is 0 Å². The molecule has 0 spiro atoms. The molecule has 1 unspecified atom stereocenters. The Kier molecular flexibility index (Phi) is 4.17. The number of nitrogens with zero attached hydrogens (tertiary/aromatic N) is 4. The highest BCUT2D eigenvalue weighted by Gasteiger charge is 2.28. The van der Waals surface area contributed by atoms with Crippen LogP contribution in [0.4, 0.5) is 0 Å². The predicted octanol–water partition coefficient (Wildman–Crippen LogP) is 0.867. The molecule has 1 aromatic heterocycles. The van der Waals surface area contributed by atoms with Gasteiger partial charge < -0.3 is 9.84 Å². The predicted molar refractivity (Wildman–Crippen MR) is 68.4 cm³/mol. The molecule has 0 saturated carbocycles. The minimum absolute atomic E-state index is 0.0844. The van der Waals surface area contributed by atoms with E-state index in [0.29, 0.717) is 13.2 Å². The van der Waals surface area contributed by atoms with Gasteiger partial charge in [-0.3, -0.25) is 0 Å². The number of rotatable bonds is 5. The highest BCUT2D eigenvalue weighted by atomic mass is 16.5. The van der Waals surface area contributed by atoms with Crippen LogP contribution in [0.3, 0.4) is 0 Å². The van der Waals surface area contributed by atoms with Gasteiger partial charge in [0.1, 0.15) is 5.69 Å². The lowest BCUT2D eigenvalue weighted by Crippen LogP contribution is -2.26. The van der Waals surface area contributed by atoms with Crippen LogP contribution in [0.5, 0.6) is 0 Å². The summed E-state index contributed by atoms with van der Waals surface area (Å²) in [5.74, 6) is 0.257. The van der Waals surface area contributed by atoms with Crippen molar-refractivity contribution in [1.29, 1.82) is 5.26 Å². The molecule has 2 heterocycles. The molecule has 6 nitrogen and oxygen atoms in total. The summed E-state index contributed by atoms with van der Waals surface area (Å²) in [5, 5.41) is 26.5. The lowest BCUT2D eigenvalue weighted by molar-refractivity contribution is 0.133. The molecule has 1 aromatic rings. The summed E-state index contributed by atoms with van der Waals surface area (Å²) in [6.07, 6.45) is 1.21. The van der Waals surface area contributed by atoms with E-state index in [1.54, 1.807) is 0 Å². The number of aliphatic hydroxyl groups is 1. The lowest BCUT2D eigenvalue weighted by atomic mass is 9.94. The number of aliphatic hydroxyl groups excluding tert-OH is 1. The summed E-state index contributed by atoms with van der Waals surface area (Å²) in [4.78, 5) is 0. The van der Waals surface area contributed by atoms with Gasteiger partial charge in [-0.05, 0) is 6.42 Å². The third-order valence-electron chi connectivity index (χ3n) is 3.42. The molecule has 104 valence electrons. The fraction of sp³-hybridized carbons (Fsp3) is 0.769. The van der Waals surface area contributed by atoms with E-state index in [0.717, 1.165) is 24.4 Å². The quantitative estimate of drug-likeness (QED) is 0.853. The fourth-order valence-electron chi connectivity index (χ4n) is 2.33. The number of ether oxygens (including phenoxy) is 1. The van der Waals surface area contributed by atoms with Crippen molar-refractivity contribution in [2.24, 2.45) is 5.41 Å². The van der Waals surface area contributed by atoms with Crippen LogP contribution in [0.1, 0.15) is 37.6 Å². The molecule has 19 heavy (non-hydrogen) atoms. The molecular weight excluding hydrogens is 244 g/mol. The van der Waals surface area contributed by atoms with Crippen molar-refractivity contribution in [1.82, 2.24) is 15.0 Å². The number of hydrogen-bond acceptors (Lipinski definition) is 5.